The molecule has 0 heterocycles. The maximum absolute atomic E-state index is 12.6. The molecule has 1 aromatic rings. The van der Waals surface area contributed by atoms with E-state index in [1.54, 1.807) is 30.3 Å². The van der Waals surface area contributed by atoms with E-state index in [-0.39, 0.29) is 4.91 Å². The minimum atomic E-state index is -1.95. The molecular formula is C23H35NO4S. The minimum Gasteiger partial charge on any atom is -0.462 e. The lowest BCUT2D eigenvalue weighted by atomic mass is 10.1. The van der Waals surface area contributed by atoms with Crippen molar-refractivity contribution < 1.29 is 17.9 Å². The van der Waals surface area contributed by atoms with E-state index in [0.29, 0.717) is 12.4 Å². The van der Waals surface area contributed by atoms with Crippen molar-refractivity contribution in [3.8, 4) is 5.75 Å². The van der Waals surface area contributed by atoms with Crippen LogP contribution in [0.5, 0.6) is 5.75 Å². The molecule has 0 aliphatic heterocycles. The topological polar surface area (TPSA) is 55.8 Å². The predicted octanol–water partition coefficient (Wildman–Crippen LogP) is 5.37. The second-order valence-electron chi connectivity index (χ2n) is 6.63. The van der Waals surface area contributed by atoms with Gasteiger partial charge < -0.3 is 13.8 Å². The number of carbonyl (C=O) groups excluding carboxylic acids is 1. The number of unbranched alkanes of at least 4 members (excludes halogenated alkanes) is 5. The standard InChI is InChI=1S/C23H35NO4S/c1-4-7-8-9-10-14-20-27-23(25)22(18-15-19-24(5-2)6-3)29(26)28-21-16-12-11-13-17-21/h11-13,15-19H,4-10,14,20H2,1-3H3/b19-15+,22-18-. The number of benzene rings is 1. The van der Waals surface area contributed by atoms with Gasteiger partial charge in [0.2, 0.25) is 11.1 Å². The van der Waals surface area contributed by atoms with Gasteiger partial charge in [-0.2, -0.15) is 0 Å². The van der Waals surface area contributed by atoms with Crippen LogP contribution in [0.3, 0.4) is 0 Å². The number of esters is 1. The Labute approximate surface area is 178 Å². The van der Waals surface area contributed by atoms with Crippen molar-refractivity contribution in [2.75, 3.05) is 19.7 Å². The summed E-state index contributed by atoms with van der Waals surface area (Å²) in [4.78, 5) is 14.6. The Hall–Kier alpha value is -2.08. The number of hydrogen-bond acceptors (Lipinski definition) is 5. The molecule has 1 aromatic carbocycles. The van der Waals surface area contributed by atoms with Gasteiger partial charge in [0.05, 0.1) is 6.61 Å². The Morgan fingerprint density at radius 1 is 1.00 bits per heavy atom. The molecule has 0 aliphatic rings. The van der Waals surface area contributed by atoms with E-state index in [1.165, 1.54) is 25.3 Å². The van der Waals surface area contributed by atoms with Crippen molar-refractivity contribution in [1.82, 2.24) is 4.90 Å². The molecule has 0 radical (unpaired) electrons. The second kappa shape index (κ2) is 15.8. The lowest BCUT2D eigenvalue weighted by molar-refractivity contribution is -0.138. The van der Waals surface area contributed by atoms with Gasteiger partial charge in [-0.1, -0.05) is 57.2 Å². The summed E-state index contributed by atoms with van der Waals surface area (Å²) in [7, 11) is 0. The lowest BCUT2D eigenvalue weighted by Gasteiger charge is -2.14. The molecule has 0 saturated heterocycles. The maximum atomic E-state index is 12.6. The van der Waals surface area contributed by atoms with Crippen molar-refractivity contribution >= 4 is 17.0 Å². The smallest absolute Gasteiger partial charge is 0.350 e. The number of ether oxygens (including phenoxy) is 1. The Morgan fingerprint density at radius 2 is 1.66 bits per heavy atom. The summed E-state index contributed by atoms with van der Waals surface area (Å²) < 4.78 is 23.4. The molecule has 0 amide bonds. The number of para-hydroxylation sites is 1. The highest BCUT2D eigenvalue weighted by molar-refractivity contribution is 7.85. The van der Waals surface area contributed by atoms with E-state index in [2.05, 4.69) is 11.8 Å². The van der Waals surface area contributed by atoms with Crippen LogP contribution in [0.4, 0.5) is 0 Å². The molecule has 0 N–H and O–H groups in total. The van der Waals surface area contributed by atoms with Crippen molar-refractivity contribution in [2.45, 2.75) is 59.3 Å². The molecular weight excluding hydrogens is 386 g/mol. The van der Waals surface area contributed by atoms with Gasteiger partial charge in [-0.25, -0.2) is 9.00 Å². The van der Waals surface area contributed by atoms with Crippen LogP contribution in [0, 0.1) is 0 Å². The van der Waals surface area contributed by atoms with Gasteiger partial charge in [-0.15, -0.1) is 0 Å². The number of carbonyl (C=O) groups is 1. The first-order valence-electron chi connectivity index (χ1n) is 10.6. The summed E-state index contributed by atoms with van der Waals surface area (Å²) in [5.74, 6) is -0.162. The third-order valence-electron chi connectivity index (χ3n) is 4.38. The second-order valence-corrected chi connectivity index (χ2v) is 7.70. The molecule has 0 aliphatic carbocycles. The summed E-state index contributed by atoms with van der Waals surface area (Å²) in [6.45, 7) is 8.30. The lowest BCUT2D eigenvalue weighted by Crippen LogP contribution is -2.17. The van der Waals surface area contributed by atoms with Gasteiger partial charge >= 0.3 is 5.97 Å². The highest BCUT2D eigenvalue weighted by Crippen LogP contribution is 2.15. The maximum Gasteiger partial charge on any atom is 0.350 e. The van der Waals surface area contributed by atoms with Gasteiger partial charge in [0, 0.05) is 13.1 Å². The Balaban J connectivity index is 2.70. The largest absolute Gasteiger partial charge is 0.462 e. The molecule has 0 spiro atoms. The van der Waals surface area contributed by atoms with Crippen LogP contribution in [0.1, 0.15) is 59.3 Å². The van der Waals surface area contributed by atoms with Gasteiger partial charge in [0.15, 0.2) is 4.91 Å². The molecule has 162 valence electrons. The van der Waals surface area contributed by atoms with Crippen molar-refractivity contribution in [3.63, 3.8) is 0 Å². The number of nitrogens with zero attached hydrogens (tertiary/aromatic N) is 1. The summed E-state index contributed by atoms with van der Waals surface area (Å²) >= 11 is -1.95. The van der Waals surface area contributed by atoms with Crippen molar-refractivity contribution in [3.05, 3.63) is 53.6 Å². The molecule has 1 rings (SSSR count). The number of allylic oxidation sites excluding steroid dienone is 2. The van der Waals surface area contributed by atoms with Crippen molar-refractivity contribution in [1.29, 1.82) is 0 Å². The zero-order valence-electron chi connectivity index (χ0n) is 18.0. The monoisotopic (exact) mass is 421 g/mol. The van der Waals surface area contributed by atoms with E-state index in [1.807, 2.05) is 26.1 Å². The third kappa shape index (κ3) is 10.9. The predicted molar refractivity (Wildman–Crippen MR) is 120 cm³/mol. The van der Waals surface area contributed by atoms with E-state index < -0.39 is 17.0 Å². The first-order chi connectivity index (χ1) is 14.1. The van der Waals surface area contributed by atoms with Crippen LogP contribution in [-0.2, 0) is 20.6 Å². The minimum absolute atomic E-state index is 0.00300. The van der Waals surface area contributed by atoms with E-state index in [0.717, 1.165) is 32.4 Å². The van der Waals surface area contributed by atoms with Gasteiger partial charge in [0.25, 0.3) is 0 Å². The summed E-state index contributed by atoms with van der Waals surface area (Å²) in [5, 5.41) is 0. The van der Waals surface area contributed by atoms with E-state index >= 15 is 0 Å². The fourth-order valence-electron chi connectivity index (χ4n) is 2.60. The molecule has 0 aromatic heterocycles. The van der Waals surface area contributed by atoms with Crippen LogP contribution in [0.25, 0.3) is 0 Å². The van der Waals surface area contributed by atoms with Crippen molar-refractivity contribution in [2.24, 2.45) is 0 Å². The summed E-state index contributed by atoms with van der Waals surface area (Å²) in [6, 6.07) is 8.81. The van der Waals surface area contributed by atoms with Crippen LogP contribution in [0.15, 0.2) is 53.6 Å². The molecule has 6 heteroatoms. The Kier molecular flexibility index (Phi) is 13.6. The van der Waals surface area contributed by atoms with Crippen LogP contribution >= 0.6 is 0 Å². The quantitative estimate of drug-likeness (QED) is 0.165. The summed E-state index contributed by atoms with van der Waals surface area (Å²) in [6.07, 6.45) is 11.7. The Bertz CT molecular complexity index is 654. The average Bonchev–Trinajstić information content (AvgIpc) is 2.73. The zero-order valence-corrected chi connectivity index (χ0v) is 18.8. The van der Waals surface area contributed by atoms with Crippen LogP contribution in [-0.4, -0.2) is 34.8 Å². The number of hydrogen-bond donors (Lipinski definition) is 0. The third-order valence-corrected chi connectivity index (χ3v) is 5.39. The van der Waals surface area contributed by atoms with Crippen LogP contribution in [0.2, 0.25) is 0 Å². The first-order valence-corrected chi connectivity index (χ1v) is 11.6. The van der Waals surface area contributed by atoms with Gasteiger partial charge in [-0.3, -0.25) is 0 Å². The SMILES string of the molecule is CCCCCCCCOC(=O)/C(=C/C=C/N(CC)CC)S(=O)Oc1ccccc1. The number of rotatable bonds is 15. The zero-order chi connectivity index (χ0) is 21.3. The van der Waals surface area contributed by atoms with Gasteiger partial charge in [0.1, 0.15) is 5.75 Å². The molecule has 1 atom stereocenters. The molecule has 0 saturated carbocycles. The normalized spacial score (nSPS) is 12.7. The molecule has 0 bridgehead atoms. The fraction of sp³-hybridized carbons (Fsp3) is 0.522. The van der Waals surface area contributed by atoms with E-state index in [4.69, 9.17) is 8.92 Å². The Morgan fingerprint density at radius 3 is 2.31 bits per heavy atom. The average molecular weight is 422 g/mol. The van der Waals surface area contributed by atoms with Gasteiger partial charge in [-0.05, 0) is 50.8 Å². The first kappa shape index (κ1) is 25.0. The fourth-order valence-corrected chi connectivity index (χ4v) is 3.37. The molecule has 5 nitrogen and oxygen atoms in total. The molecule has 29 heavy (non-hydrogen) atoms. The summed E-state index contributed by atoms with van der Waals surface area (Å²) in [5.41, 5.74) is 0. The highest BCUT2D eigenvalue weighted by Gasteiger charge is 2.20. The highest BCUT2D eigenvalue weighted by atomic mass is 32.2. The molecule has 1 unspecified atom stereocenters. The van der Waals surface area contributed by atoms with Crippen LogP contribution < -0.4 is 4.18 Å². The molecule has 0 fully saturated rings. The van der Waals surface area contributed by atoms with E-state index in [9.17, 15) is 9.00 Å².